The summed E-state index contributed by atoms with van der Waals surface area (Å²) in [4.78, 5) is 22.5. The lowest BCUT2D eigenvalue weighted by Gasteiger charge is -2.47. The number of aromatic nitrogens is 1. The van der Waals surface area contributed by atoms with Gasteiger partial charge in [0.15, 0.2) is 5.58 Å². The van der Waals surface area contributed by atoms with Crippen LogP contribution < -0.4 is 15.5 Å². The second-order valence-electron chi connectivity index (χ2n) is 9.00. The summed E-state index contributed by atoms with van der Waals surface area (Å²) in [5.74, 6) is -0.0308. The fourth-order valence-electron chi connectivity index (χ4n) is 5.36. The normalized spacial score (nSPS) is 30.5. The van der Waals surface area contributed by atoms with E-state index in [9.17, 15) is 4.79 Å². The van der Waals surface area contributed by atoms with Gasteiger partial charge in [-0.05, 0) is 51.8 Å². The molecule has 0 radical (unpaired) electrons. The average Bonchev–Trinajstić information content (AvgIpc) is 3.13. The number of carbonyl (C=O) groups excluding carboxylic acids is 1. The lowest BCUT2D eigenvalue weighted by molar-refractivity contribution is 0.0463. The van der Waals surface area contributed by atoms with Crippen molar-refractivity contribution in [1.82, 2.24) is 20.5 Å². The monoisotopic (exact) mass is 397 g/mol. The van der Waals surface area contributed by atoms with Crippen molar-refractivity contribution in [2.75, 3.05) is 31.6 Å². The molecular weight excluding hydrogens is 366 g/mol. The van der Waals surface area contributed by atoms with E-state index in [4.69, 9.17) is 9.40 Å². The summed E-state index contributed by atoms with van der Waals surface area (Å²) >= 11 is 0. The van der Waals surface area contributed by atoms with E-state index in [1.807, 2.05) is 18.2 Å². The van der Waals surface area contributed by atoms with Crippen molar-refractivity contribution in [3.63, 3.8) is 0 Å². The molecule has 3 atom stereocenters. The lowest BCUT2D eigenvalue weighted by atomic mass is 9.82. The van der Waals surface area contributed by atoms with Crippen molar-refractivity contribution in [3.8, 4) is 0 Å². The maximum absolute atomic E-state index is 13.1. The zero-order valence-corrected chi connectivity index (χ0v) is 17.4. The van der Waals surface area contributed by atoms with Gasteiger partial charge in [-0.25, -0.2) is 0 Å². The van der Waals surface area contributed by atoms with Crippen LogP contribution in [0.1, 0.15) is 49.4 Å². The average molecular weight is 398 g/mol. The molecule has 156 valence electrons. The van der Waals surface area contributed by atoms with E-state index in [1.54, 1.807) is 0 Å². The molecule has 0 aliphatic carbocycles. The summed E-state index contributed by atoms with van der Waals surface area (Å²) in [6.07, 6.45) is 5.87. The number of oxazole rings is 1. The zero-order valence-electron chi connectivity index (χ0n) is 17.4. The Bertz CT molecular complexity index is 882. The Morgan fingerprint density at radius 3 is 2.83 bits per heavy atom. The van der Waals surface area contributed by atoms with Gasteiger partial charge in [-0.2, -0.15) is 4.98 Å². The fraction of sp³-hybridized carbons (Fsp3) is 0.636. The molecule has 1 aromatic heterocycles. The third kappa shape index (κ3) is 3.62. The van der Waals surface area contributed by atoms with Crippen LogP contribution in [0.3, 0.4) is 0 Å². The first-order chi connectivity index (χ1) is 14.1. The molecule has 1 amide bonds. The van der Waals surface area contributed by atoms with Crippen molar-refractivity contribution >= 4 is 23.0 Å². The van der Waals surface area contributed by atoms with Crippen LogP contribution in [0.2, 0.25) is 0 Å². The maximum Gasteiger partial charge on any atom is 0.298 e. The standard InChI is InChI=1S/C22H31N5O2/c1-14-13-27(10-9-23-14)22-25-20-18(7-4-8-19(20)29-22)21(28)24-15-11-16-5-3-6-17(12-15)26(16)2/h4,7-8,14-17,23H,3,5-6,9-13H2,1-2H3,(H,24,28). The van der Waals surface area contributed by atoms with Crippen LogP contribution in [0.5, 0.6) is 0 Å². The Hall–Kier alpha value is -2.12. The summed E-state index contributed by atoms with van der Waals surface area (Å²) in [6, 6.07) is 8.08. The number of nitrogens with zero attached hydrogens (tertiary/aromatic N) is 3. The first-order valence-electron chi connectivity index (χ1n) is 11.0. The second-order valence-corrected chi connectivity index (χ2v) is 9.00. The lowest BCUT2D eigenvalue weighted by Crippen LogP contribution is -2.55. The molecule has 3 unspecified atom stereocenters. The third-order valence-electron chi connectivity index (χ3n) is 6.97. The predicted octanol–water partition coefficient (Wildman–Crippen LogP) is 2.37. The largest absolute Gasteiger partial charge is 0.423 e. The number of hydrogen-bond acceptors (Lipinski definition) is 6. The van der Waals surface area contributed by atoms with Gasteiger partial charge in [0.25, 0.3) is 11.9 Å². The molecule has 1 aromatic carbocycles. The molecule has 3 aliphatic heterocycles. The van der Waals surface area contributed by atoms with Crippen LogP contribution >= 0.6 is 0 Å². The molecule has 7 nitrogen and oxygen atoms in total. The summed E-state index contributed by atoms with van der Waals surface area (Å²) in [6.45, 7) is 4.78. The highest BCUT2D eigenvalue weighted by Gasteiger charge is 2.36. The number of hydrogen-bond donors (Lipinski definition) is 2. The topological polar surface area (TPSA) is 73.6 Å². The van der Waals surface area contributed by atoms with Crippen LogP contribution in [0.4, 0.5) is 6.01 Å². The first-order valence-corrected chi connectivity index (χ1v) is 11.0. The number of piperidine rings is 2. The molecule has 0 saturated carbocycles. The number of rotatable bonds is 3. The summed E-state index contributed by atoms with van der Waals surface area (Å²) < 4.78 is 6.01. The van der Waals surface area contributed by atoms with Crippen LogP contribution in [-0.2, 0) is 0 Å². The molecule has 2 N–H and O–H groups in total. The number of nitrogens with one attached hydrogen (secondary N) is 2. The highest BCUT2D eigenvalue weighted by Crippen LogP contribution is 2.33. The van der Waals surface area contributed by atoms with Crippen molar-refractivity contribution in [2.45, 2.75) is 63.2 Å². The van der Waals surface area contributed by atoms with Gasteiger partial charge in [-0.3, -0.25) is 4.79 Å². The van der Waals surface area contributed by atoms with Gasteiger partial charge in [0.2, 0.25) is 0 Å². The number of para-hydroxylation sites is 1. The zero-order chi connectivity index (χ0) is 20.0. The highest BCUT2D eigenvalue weighted by atomic mass is 16.4. The molecule has 4 heterocycles. The van der Waals surface area contributed by atoms with Gasteiger partial charge in [0, 0.05) is 43.8 Å². The molecule has 7 heteroatoms. The van der Waals surface area contributed by atoms with Crippen molar-refractivity contribution in [2.24, 2.45) is 0 Å². The molecule has 2 aromatic rings. The van der Waals surface area contributed by atoms with E-state index in [0.717, 1.165) is 32.5 Å². The minimum atomic E-state index is -0.0308. The van der Waals surface area contributed by atoms with Crippen LogP contribution in [-0.4, -0.2) is 66.6 Å². The Balaban J connectivity index is 1.35. The Morgan fingerprint density at radius 2 is 2.07 bits per heavy atom. The van der Waals surface area contributed by atoms with Gasteiger partial charge in [0.1, 0.15) is 5.52 Å². The SMILES string of the molecule is CC1CN(c2nc3c(C(=O)NC4CC5CCCC(C4)N5C)cccc3o2)CCN1. The number of fused-ring (bicyclic) bond motifs is 3. The van der Waals surface area contributed by atoms with Gasteiger partial charge >= 0.3 is 0 Å². The quantitative estimate of drug-likeness (QED) is 0.828. The summed E-state index contributed by atoms with van der Waals surface area (Å²) in [7, 11) is 2.24. The molecule has 3 saturated heterocycles. The highest BCUT2D eigenvalue weighted by molar-refractivity contribution is 6.04. The van der Waals surface area contributed by atoms with Gasteiger partial charge in [-0.15, -0.1) is 0 Å². The van der Waals surface area contributed by atoms with E-state index >= 15 is 0 Å². The third-order valence-corrected chi connectivity index (χ3v) is 6.97. The van der Waals surface area contributed by atoms with Crippen LogP contribution in [0.25, 0.3) is 11.1 Å². The number of benzene rings is 1. The number of anilines is 1. The maximum atomic E-state index is 13.1. The van der Waals surface area contributed by atoms with E-state index in [2.05, 4.69) is 34.4 Å². The number of carbonyl (C=O) groups is 1. The Kier molecular flexibility index (Phi) is 4.95. The fourth-order valence-corrected chi connectivity index (χ4v) is 5.36. The molecule has 3 aliphatic rings. The summed E-state index contributed by atoms with van der Waals surface area (Å²) in [5.41, 5.74) is 1.96. The first kappa shape index (κ1) is 18.9. The second kappa shape index (κ2) is 7.61. The molecule has 0 spiro atoms. The Labute approximate surface area is 171 Å². The molecule has 29 heavy (non-hydrogen) atoms. The van der Waals surface area contributed by atoms with E-state index < -0.39 is 0 Å². The number of piperazine rings is 1. The minimum Gasteiger partial charge on any atom is -0.423 e. The Morgan fingerprint density at radius 1 is 1.28 bits per heavy atom. The van der Waals surface area contributed by atoms with E-state index in [0.29, 0.717) is 40.8 Å². The van der Waals surface area contributed by atoms with Gasteiger partial charge < -0.3 is 24.9 Å². The van der Waals surface area contributed by atoms with Crippen LogP contribution in [0, 0.1) is 0 Å². The van der Waals surface area contributed by atoms with E-state index in [1.165, 1.54) is 19.3 Å². The molecule has 3 fully saturated rings. The molecule has 2 bridgehead atoms. The van der Waals surface area contributed by atoms with Gasteiger partial charge in [-0.1, -0.05) is 12.5 Å². The van der Waals surface area contributed by atoms with Crippen molar-refractivity contribution in [1.29, 1.82) is 0 Å². The molecule has 5 rings (SSSR count). The van der Waals surface area contributed by atoms with Gasteiger partial charge in [0.05, 0.1) is 5.56 Å². The number of amides is 1. The smallest absolute Gasteiger partial charge is 0.298 e. The van der Waals surface area contributed by atoms with E-state index in [-0.39, 0.29) is 11.9 Å². The minimum absolute atomic E-state index is 0.0308. The predicted molar refractivity (Wildman–Crippen MR) is 113 cm³/mol. The summed E-state index contributed by atoms with van der Waals surface area (Å²) in [5, 5.41) is 6.73. The van der Waals surface area contributed by atoms with Crippen molar-refractivity contribution < 1.29 is 9.21 Å². The molecular formula is C22H31N5O2. The van der Waals surface area contributed by atoms with Crippen molar-refractivity contribution in [3.05, 3.63) is 23.8 Å². The van der Waals surface area contributed by atoms with Crippen LogP contribution in [0.15, 0.2) is 22.6 Å².